The number of rotatable bonds is 3. The number of hydrogen-bond donors (Lipinski definition) is 0. The minimum Gasteiger partial charge on any atom is -0.338 e. The van der Waals surface area contributed by atoms with Crippen molar-refractivity contribution in [2.24, 2.45) is 0 Å². The molecule has 0 atom stereocenters. The molecule has 0 bridgehead atoms. The van der Waals surface area contributed by atoms with E-state index in [1.165, 1.54) is 22.9 Å². The van der Waals surface area contributed by atoms with E-state index in [4.69, 9.17) is 0 Å². The Morgan fingerprint density at radius 1 is 1.28 bits per heavy atom. The van der Waals surface area contributed by atoms with Crippen molar-refractivity contribution < 1.29 is 4.79 Å². The third kappa shape index (κ3) is 1.67. The maximum absolute atomic E-state index is 12.2. The van der Waals surface area contributed by atoms with Crippen LogP contribution in [-0.2, 0) is 13.0 Å². The normalized spacial score (nSPS) is 15.1. The van der Waals surface area contributed by atoms with E-state index in [-0.39, 0.29) is 0 Å². The largest absolute Gasteiger partial charge is 0.338 e. The molecule has 2 aromatic rings. The number of hydrogen-bond acceptors (Lipinski definition) is 1. The molecule has 1 aromatic carbocycles. The molecule has 1 aliphatic rings. The molecule has 94 valence electrons. The molecule has 1 aromatic heterocycles. The Morgan fingerprint density at radius 3 is 2.94 bits per heavy atom. The Bertz CT molecular complexity index is 594. The summed E-state index contributed by atoms with van der Waals surface area (Å²) in [5.74, 6) is 0.337. The van der Waals surface area contributed by atoms with Crippen LogP contribution in [0.4, 0.5) is 0 Å². The van der Waals surface area contributed by atoms with E-state index in [0.717, 1.165) is 37.9 Å². The van der Waals surface area contributed by atoms with Gasteiger partial charge in [0.2, 0.25) is 0 Å². The zero-order valence-electron chi connectivity index (χ0n) is 10.9. The van der Waals surface area contributed by atoms with E-state index >= 15 is 0 Å². The molecule has 0 saturated carbocycles. The van der Waals surface area contributed by atoms with Crippen molar-refractivity contribution in [3.63, 3.8) is 0 Å². The highest BCUT2D eigenvalue weighted by molar-refractivity contribution is 6.03. The van der Waals surface area contributed by atoms with Crippen molar-refractivity contribution in [1.29, 1.82) is 0 Å². The summed E-state index contributed by atoms with van der Waals surface area (Å²) in [6.07, 6.45) is 5.07. The van der Waals surface area contributed by atoms with Crippen molar-refractivity contribution in [2.45, 2.75) is 45.6 Å². The maximum atomic E-state index is 12.2. The van der Waals surface area contributed by atoms with Gasteiger partial charge in [0.05, 0.1) is 5.69 Å². The number of unbranched alkanes of at least 4 members (excludes halogenated alkanes) is 1. The fourth-order valence-corrected chi connectivity index (χ4v) is 3.05. The van der Waals surface area contributed by atoms with Crippen LogP contribution >= 0.6 is 0 Å². The predicted molar refractivity (Wildman–Crippen MR) is 74.1 cm³/mol. The minimum absolute atomic E-state index is 0.337. The van der Waals surface area contributed by atoms with Gasteiger partial charge >= 0.3 is 0 Å². The number of ketones is 1. The van der Waals surface area contributed by atoms with E-state index in [0.29, 0.717) is 5.78 Å². The second-order valence-electron chi connectivity index (χ2n) is 5.13. The third-order valence-corrected chi connectivity index (χ3v) is 3.91. The lowest BCUT2D eigenvalue weighted by molar-refractivity contribution is 0.0955. The molecule has 2 heterocycles. The minimum atomic E-state index is 0.337. The van der Waals surface area contributed by atoms with Crippen LogP contribution in [0.1, 0.15) is 48.7 Å². The first-order valence-electron chi connectivity index (χ1n) is 6.96. The van der Waals surface area contributed by atoms with E-state index in [1.807, 2.05) is 0 Å². The highest BCUT2D eigenvalue weighted by Crippen LogP contribution is 2.31. The van der Waals surface area contributed by atoms with Gasteiger partial charge in [-0.3, -0.25) is 4.79 Å². The topological polar surface area (TPSA) is 22.0 Å². The number of Topliss-reactive ketones (excluding diaryl/α,β-unsaturated/α-hetero) is 1. The lowest BCUT2D eigenvalue weighted by Crippen LogP contribution is -2.17. The number of benzene rings is 1. The number of para-hydroxylation sites is 1. The third-order valence-electron chi connectivity index (χ3n) is 3.91. The van der Waals surface area contributed by atoms with Gasteiger partial charge in [0.25, 0.3) is 0 Å². The van der Waals surface area contributed by atoms with Crippen LogP contribution in [0.5, 0.6) is 0 Å². The molecule has 1 aliphatic heterocycles. The zero-order chi connectivity index (χ0) is 12.5. The van der Waals surface area contributed by atoms with Crippen LogP contribution in [0.3, 0.4) is 0 Å². The molecule has 2 heteroatoms. The van der Waals surface area contributed by atoms with Crippen LogP contribution in [0.15, 0.2) is 24.3 Å². The molecule has 0 saturated heterocycles. The molecule has 18 heavy (non-hydrogen) atoms. The van der Waals surface area contributed by atoms with Crippen molar-refractivity contribution in [1.82, 2.24) is 4.57 Å². The Morgan fingerprint density at radius 2 is 2.11 bits per heavy atom. The Labute approximate surface area is 108 Å². The second-order valence-corrected chi connectivity index (χ2v) is 5.13. The molecule has 3 rings (SSSR count). The second kappa shape index (κ2) is 4.60. The Hall–Kier alpha value is -1.57. The lowest BCUT2D eigenvalue weighted by Gasteiger charge is -2.16. The first kappa shape index (κ1) is 11.5. The summed E-state index contributed by atoms with van der Waals surface area (Å²) >= 11 is 0. The fraction of sp³-hybridized carbons (Fsp3) is 0.438. The van der Waals surface area contributed by atoms with Gasteiger partial charge in [-0.05, 0) is 30.9 Å². The van der Waals surface area contributed by atoms with Gasteiger partial charge in [-0.25, -0.2) is 0 Å². The van der Waals surface area contributed by atoms with Gasteiger partial charge in [0, 0.05) is 23.9 Å². The Balaban J connectivity index is 2.24. The maximum Gasteiger partial charge on any atom is 0.179 e. The number of aryl methyl sites for hydroxylation is 2. The van der Waals surface area contributed by atoms with E-state index in [2.05, 4.69) is 35.8 Å². The van der Waals surface area contributed by atoms with Gasteiger partial charge in [-0.2, -0.15) is 0 Å². The lowest BCUT2D eigenvalue weighted by atomic mass is 10.00. The number of carbonyl (C=O) groups excluding carboxylic acids is 1. The van der Waals surface area contributed by atoms with E-state index in [1.54, 1.807) is 0 Å². The molecule has 0 amide bonds. The van der Waals surface area contributed by atoms with Crippen LogP contribution in [-0.4, -0.2) is 10.4 Å². The number of aromatic nitrogens is 1. The average molecular weight is 241 g/mol. The molecule has 0 fully saturated rings. The summed E-state index contributed by atoms with van der Waals surface area (Å²) in [6, 6.07) is 8.46. The van der Waals surface area contributed by atoms with E-state index in [9.17, 15) is 4.79 Å². The summed E-state index contributed by atoms with van der Waals surface area (Å²) in [6.45, 7) is 3.19. The highest BCUT2D eigenvalue weighted by atomic mass is 16.1. The summed E-state index contributed by atoms with van der Waals surface area (Å²) < 4.78 is 2.24. The quantitative estimate of drug-likeness (QED) is 0.797. The molecular weight excluding hydrogens is 222 g/mol. The van der Waals surface area contributed by atoms with Gasteiger partial charge < -0.3 is 4.57 Å². The first-order chi connectivity index (χ1) is 8.83. The predicted octanol–water partition coefficient (Wildman–Crippen LogP) is 3.96. The summed E-state index contributed by atoms with van der Waals surface area (Å²) in [5, 5.41) is 1.29. The van der Waals surface area contributed by atoms with Gasteiger partial charge in [-0.15, -0.1) is 0 Å². The molecule has 0 radical (unpaired) electrons. The van der Waals surface area contributed by atoms with Crippen molar-refractivity contribution >= 4 is 16.7 Å². The molecule has 0 spiro atoms. The van der Waals surface area contributed by atoms with Crippen LogP contribution in [0, 0.1) is 0 Å². The van der Waals surface area contributed by atoms with Crippen LogP contribution in [0.25, 0.3) is 10.9 Å². The molecule has 0 unspecified atom stereocenters. The number of nitrogens with zero attached hydrogens (tertiary/aromatic N) is 1. The van der Waals surface area contributed by atoms with Crippen LogP contribution in [0.2, 0.25) is 0 Å². The van der Waals surface area contributed by atoms with E-state index < -0.39 is 0 Å². The average Bonchev–Trinajstić information content (AvgIpc) is 2.72. The Kier molecular flexibility index (Phi) is 2.94. The fourth-order valence-electron chi connectivity index (χ4n) is 3.05. The number of fused-ring (bicyclic) bond motifs is 3. The SMILES string of the molecule is CCCCc1c2n(c3ccccc13)CCCC2=O. The zero-order valence-corrected chi connectivity index (χ0v) is 10.9. The smallest absolute Gasteiger partial charge is 0.179 e. The summed E-state index contributed by atoms with van der Waals surface area (Å²) in [4.78, 5) is 12.2. The highest BCUT2D eigenvalue weighted by Gasteiger charge is 2.24. The molecular formula is C16H19NO. The number of carbonyl (C=O) groups is 1. The first-order valence-corrected chi connectivity index (χ1v) is 6.96. The molecule has 2 nitrogen and oxygen atoms in total. The van der Waals surface area contributed by atoms with Gasteiger partial charge in [0.15, 0.2) is 5.78 Å². The standard InChI is InChI=1S/C16H19NO/c1-2-3-7-13-12-8-4-5-9-14(12)17-11-6-10-15(18)16(13)17/h4-5,8-9H,2-3,6-7,10-11H2,1H3. The van der Waals surface area contributed by atoms with Gasteiger partial charge in [-0.1, -0.05) is 31.5 Å². The monoisotopic (exact) mass is 241 g/mol. The van der Waals surface area contributed by atoms with Crippen molar-refractivity contribution in [3.05, 3.63) is 35.5 Å². The summed E-state index contributed by atoms with van der Waals surface area (Å²) in [7, 11) is 0. The molecule has 0 aliphatic carbocycles. The molecule has 0 N–H and O–H groups in total. The van der Waals surface area contributed by atoms with Crippen molar-refractivity contribution in [2.75, 3.05) is 0 Å². The van der Waals surface area contributed by atoms with Crippen LogP contribution < -0.4 is 0 Å². The van der Waals surface area contributed by atoms with Crippen molar-refractivity contribution in [3.8, 4) is 0 Å². The summed E-state index contributed by atoms with van der Waals surface area (Å²) in [5.41, 5.74) is 3.53. The van der Waals surface area contributed by atoms with Gasteiger partial charge in [0.1, 0.15) is 0 Å².